The van der Waals surface area contributed by atoms with Gasteiger partial charge in [-0.1, -0.05) is 38.5 Å². The smallest absolute Gasteiger partial charge is 0.151 e. The number of aliphatic hydroxyl groups is 4. The predicted molar refractivity (Wildman–Crippen MR) is 72.1 cm³/mol. The normalized spacial score (nSPS) is 13.2. The zero-order valence-electron chi connectivity index (χ0n) is 11.4. The number of hydrogen-bond donors (Lipinski definition) is 4. The lowest BCUT2D eigenvalue weighted by Gasteiger charge is -2.15. The number of hydrogen-bond acceptors (Lipinski definition) is 4. The Morgan fingerprint density at radius 2 is 1.11 bits per heavy atom. The lowest BCUT2D eigenvalue weighted by Crippen LogP contribution is -2.05. The van der Waals surface area contributed by atoms with Gasteiger partial charge in [-0.3, -0.25) is 0 Å². The fourth-order valence-electron chi connectivity index (χ4n) is 2.27. The Balaban J connectivity index is 3.50. The molecule has 0 aromatic carbocycles. The Morgan fingerprint density at radius 3 is 1.61 bits per heavy atom. The van der Waals surface area contributed by atoms with Crippen molar-refractivity contribution in [3.63, 3.8) is 0 Å². The highest BCUT2D eigenvalue weighted by Crippen LogP contribution is 2.20. The van der Waals surface area contributed by atoms with Crippen LogP contribution in [0.25, 0.3) is 0 Å². The average molecular weight is 262 g/mol. The third kappa shape index (κ3) is 12.3. The van der Waals surface area contributed by atoms with Gasteiger partial charge in [-0.2, -0.15) is 0 Å². The number of rotatable bonds is 13. The van der Waals surface area contributed by atoms with E-state index in [9.17, 15) is 0 Å². The Labute approximate surface area is 111 Å². The van der Waals surface area contributed by atoms with Crippen LogP contribution in [0.2, 0.25) is 0 Å². The van der Waals surface area contributed by atoms with Crippen molar-refractivity contribution in [2.45, 2.75) is 70.5 Å². The first-order valence-corrected chi connectivity index (χ1v) is 7.28. The molecule has 110 valence electrons. The molecule has 1 atom stereocenters. The monoisotopic (exact) mass is 262 g/mol. The summed E-state index contributed by atoms with van der Waals surface area (Å²) in [5, 5.41) is 35.1. The van der Waals surface area contributed by atoms with Crippen LogP contribution in [0, 0.1) is 5.92 Å². The van der Waals surface area contributed by atoms with Gasteiger partial charge in [-0.25, -0.2) is 0 Å². The molecular formula is C14H30O4. The first-order valence-electron chi connectivity index (χ1n) is 7.28. The molecule has 0 aromatic heterocycles. The van der Waals surface area contributed by atoms with Crippen LogP contribution in [0.5, 0.6) is 0 Å². The maximum Gasteiger partial charge on any atom is 0.151 e. The molecule has 0 aliphatic carbocycles. The van der Waals surface area contributed by atoms with E-state index >= 15 is 0 Å². The van der Waals surface area contributed by atoms with Crippen molar-refractivity contribution >= 4 is 0 Å². The highest BCUT2D eigenvalue weighted by molar-refractivity contribution is 4.60. The molecule has 0 aliphatic rings. The third-order valence-electron chi connectivity index (χ3n) is 3.38. The number of unbranched alkanes of at least 4 members (excludes halogenated alkanes) is 4. The van der Waals surface area contributed by atoms with Crippen LogP contribution in [0.1, 0.15) is 64.2 Å². The van der Waals surface area contributed by atoms with Crippen LogP contribution in [-0.2, 0) is 0 Å². The molecule has 0 amide bonds. The Bertz CT molecular complexity index is 162. The standard InChI is InChI=1S/C14H30O4/c15-11-6-2-4-8-13(10-12-16)7-3-1-5-9-14(17)18/h13-18H,1-12H2. The molecular weight excluding hydrogens is 232 g/mol. The summed E-state index contributed by atoms with van der Waals surface area (Å²) in [7, 11) is 0. The average Bonchev–Trinajstić information content (AvgIpc) is 2.33. The Hall–Kier alpha value is -0.160. The summed E-state index contributed by atoms with van der Waals surface area (Å²) >= 11 is 0. The first-order chi connectivity index (χ1) is 8.70. The molecule has 0 heterocycles. The second-order valence-electron chi connectivity index (χ2n) is 5.07. The summed E-state index contributed by atoms with van der Waals surface area (Å²) in [6, 6.07) is 0. The zero-order valence-corrected chi connectivity index (χ0v) is 11.4. The summed E-state index contributed by atoms with van der Waals surface area (Å²) in [5.74, 6) is 0.577. The highest BCUT2D eigenvalue weighted by atomic mass is 16.5. The van der Waals surface area contributed by atoms with E-state index in [-0.39, 0.29) is 13.2 Å². The Kier molecular flexibility index (Phi) is 13.2. The quantitative estimate of drug-likeness (QED) is 0.301. The van der Waals surface area contributed by atoms with Gasteiger partial charge in [-0.15, -0.1) is 0 Å². The molecule has 4 N–H and O–H groups in total. The van der Waals surface area contributed by atoms with Gasteiger partial charge >= 0.3 is 0 Å². The highest BCUT2D eigenvalue weighted by Gasteiger charge is 2.08. The maximum absolute atomic E-state index is 9.01. The summed E-state index contributed by atoms with van der Waals surface area (Å²) < 4.78 is 0. The van der Waals surface area contributed by atoms with E-state index in [0.717, 1.165) is 57.8 Å². The lowest BCUT2D eigenvalue weighted by molar-refractivity contribution is -0.0466. The van der Waals surface area contributed by atoms with E-state index in [0.29, 0.717) is 12.3 Å². The second kappa shape index (κ2) is 13.3. The van der Waals surface area contributed by atoms with Crippen molar-refractivity contribution in [3.05, 3.63) is 0 Å². The van der Waals surface area contributed by atoms with Gasteiger partial charge in [0, 0.05) is 13.2 Å². The minimum Gasteiger partial charge on any atom is -0.396 e. The van der Waals surface area contributed by atoms with Crippen molar-refractivity contribution < 1.29 is 20.4 Å². The molecule has 4 nitrogen and oxygen atoms in total. The van der Waals surface area contributed by atoms with Gasteiger partial charge < -0.3 is 20.4 Å². The topological polar surface area (TPSA) is 80.9 Å². The SMILES string of the molecule is OCCCCCC(CCO)CCCCCC(O)O. The molecule has 0 saturated heterocycles. The molecule has 0 rings (SSSR count). The third-order valence-corrected chi connectivity index (χ3v) is 3.38. The molecule has 0 aromatic rings. The van der Waals surface area contributed by atoms with E-state index in [4.69, 9.17) is 20.4 Å². The summed E-state index contributed by atoms with van der Waals surface area (Å²) in [5.41, 5.74) is 0. The van der Waals surface area contributed by atoms with Crippen LogP contribution in [0.15, 0.2) is 0 Å². The molecule has 18 heavy (non-hydrogen) atoms. The molecule has 0 fully saturated rings. The lowest BCUT2D eigenvalue weighted by atomic mass is 9.92. The van der Waals surface area contributed by atoms with Gasteiger partial charge in [0.05, 0.1) is 0 Å². The zero-order chi connectivity index (χ0) is 13.6. The first kappa shape index (κ1) is 17.8. The van der Waals surface area contributed by atoms with Crippen molar-refractivity contribution in [2.75, 3.05) is 13.2 Å². The van der Waals surface area contributed by atoms with E-state index in [1.165, 1.54) is 0 Å². The maximum atomic E-state index is 9.01. The van der Waals surface area contributed by atoms with Crippen molar-refractivity contribution in [2.24, 2.45) is 5.92 Å². The van der Waals surface area contributed by atoms with Crippen LogP contribution in [0.4, 0.5) is 0 Å². The largest absolute Gasteiger partial charge is 0.396 e. The second-order valence-corrected chi connectivity index (χ2v) is 5.07. The number of aliphatic hydroxyl groups excluding tert-OH is 3. The van der Waals surface area contributed by atoms with Crippen LogP contribution >= 0.6 is 0 Å². The van der Waals surface area contributed by atoms with Gasteiger partial charge in [-0.05, 0) is 31.6 Å². The van der Waals surface area contributed by atoms with Gasteiger partial charge in [0.25, 0.3) is 0 Å². The molecule has 0 radical (unpaired) electrons. The van der Waals surface area contributed by atoms with Gasteiger partial charge in [0.2, 0.25) is 0 Å². The molecule has 0 saturated carbocycles. The summed E-state index contributed by atoms with van der Waals surface area (Å²) in [4.78, 5) is 0. The molecule has 0 bridgehead atoms. The van der Waals surface area contributed by atoms with Crippen LogP contribution in [-0.4, -0.2) is 39.9 Å². The van der Waals surface area contributed by atoms with Crippen molar-refractivity contribution in [1.29, 1.82) is 0 Å². The minimum atomic E-state index is -1.17. The fraction of sp³-hybridized carbons (Fsp3) is 1.00. The van der Waals surface area contributed by atoms with Gasteiger partial charge in [0.15, 0.2) is 6.29 Å². The fourth-order valence-corrected chi connectivity index (χ4v) is 2.27. The molecule has 0 aliphatic heterocycles. The Morgan fingerprint density at radius 1 is 0.556 bits per heavy atom. The van der Waals surface area contributed by atoms with E-state index in [1.54, 1.807) is 0 Å². The van der Waals surface area contributed by atoms with E-state index in [1.807, 2.05) is 0 Å². The predicted octanol–water partition coefficient (Wildman–Crippen LogP) is 1.80. The molecule has 0 spiro atoms. The minimum absolute atomic E-state index is 0.250. The van der Waals surface area contributed by atoms with E-state index < -0.39 is 6.29 Å². The van der Waals surface area contributed by atoms with Crippen LogP contribution < -0.4 is 0 Å². The summed E-state index contributed by atoms with van der Waals surface area (Å²) in [6.45, 7) is 0.522. The van der Waals surface area contributed by atoms with Crippen LogP contribution in [0.3, 0.4) is 0 Å². The van der Waals surface area contributed by atoms with Crippen molar-refractivity contribution in [3.8, 4) is 0 Å². The summed E-state index contributed by atoms with van der Waals surface area (Å²) in [6.07, 6.45) is 8.43. The van der Waals surface area contributed by atoms with Gasteiger partial charge in [0.1, 0.15) is 0 Å². The molecule has 4 heteroatoms. The van der Waals surface area contributed by atoms with E-state index in [2.05, 4.69) is 0 Å². The molecule has 1 unspecified atom stereocenters. The van der Waals surface area contributed by atoms with Crippen molar-refractivity contribution in [1.82, 2.24) is 0 Å².